The first kappa shape index (κ1) is 10.4. The summed E-state index contributed by atoms with van der Waals surface area (Å²) >= 11 is 0. The molecule has 0 saturated carbocycles. The van der Waals surface area contributed by atoms with Gasteiger partial charge in [-0.05, 0) is 11.5 Å². The Kier molecular flexibility index (Phi) is 2.67. The molecule has 15 heavy (non-hydrogen) atoms. The van der Waals surface area contributed by atoms with Crippen LogP contribution in [-0.2, 0) is 4.18 Å². The lowest BCUT2D eigenvalue weighted by Crippen LogP contribution is -2.00. The zero-order valence-electron chi connectivity index (χ0n) is 8.25. The van der Waals surface area contributed by atoms with Crippen LogP contribution in [0.3, 0.4) is 0 Å². The molecule has 2 N–H and O–H groups in total. The lowest BCUT2D eigenvalue weighted by Gasteiger charge is -2.25. The first-order chi connectivity index (χ1) is 7.15. The van der Waals surface area contributed by atoms with Gasteiger partial charge in [-0.25, -0.2) is 0 Å². The third kappa shape index (κ3) is 1.85. The molecule has 0 amide bonds. The Labute approximate surface area is 89.9 Å². The van der Waals surface area contributed by atoms with Gasteiger partial charge < -0.3 is 9.11 Å². The van der Waals surface area contributed by atoms with E-state index in [1.54, 1.807) is 12.1 Å². The van der Waals surface area contributed by atoms with E-state index in [0.29, 0.717) is 4.90 Å². The Bertz CT molecular complexity index is 477. The predicted octanol–water partition coefficient (Wildman–Crippen LogP) is 3.51. The molecule has 2 aromatic rings. The molecule has 0 aliphatic carbocycles. The summed E-state index contributed by atoms with van der Waals surface area (Å²) in [6.07, 6.45) is 0. The van der Waals surface area contributed by atoms with Gasteiger partial charge in [-0.15, -0.1) is 0 Å². The summed E-state index contributed by atoms with van der Waals surface area (Å²) < 4.78 is 24.1. The van der Waals surface area contributed by atoms with Crippen molar-refractivity contribution in [2.75, 3.05) is 7.11 Å². The molecule has 4 heteroatoms. The summed E-state index contributed by atoms with van der Waals surface area (Å²) in [7, 11) is -1.84. The standard InChI is InChI=1S/C11H12O3S/c1-14-15(12,13)11-8-4-6-9-5-2-3-7-10(9)11/h2-8,12-13H,1H3. The minimum atomic E-state index is -3.12. The largest absolute Gasteiger partial charge is 0.304 e. The predicted molar refractivity (Wildman–Crippen MR) is 62.1 cm³/mol. The maximum absolute atomic E-state index is 9.71. The number of hydrogen-bond acceptors (Lipinski definition) is 3. The van der Waals surface area contributed by atoms with Gasteiger partial charge in [0, 0.05) is 5.39 Å². The van der Waals surface area contributed by atoms with Crippen molar-refractivity contribution >= 4 is 21.6 Å². The average molecular weight is 224 g/mol. The minimum Gasteiger partial charge on any atom is -0.304 e. The van der Waals surface area contributed by atoms with Crippen LogP contribution in [0, 0.1) is 0 Å². The Morgan fingerprint density at radius 2 is 1.67 bits per heavy atom. The minimum absolute atomic E-state index is 0.433. The first-order valence-electron chi connectivity index (χ1n) is 4.47. The maximum atomic E-state index is 9.71. The smallest absolute Gasteiger partial charge is 0.115 e. The van der Waals surface area contributed by atoms with E-state index >= 15 is 0 Å². The van der Waals surface area contributed by atoms with E-state index in [9.17, 15) is 9.11 Å². The molecule has 2 rings (SSSR count). The van der Waals surface area contributed by atoms with Gasteiger partial charge >= 0.3 is 0 Å². The van der Waals surface area contributed by atoms with Gasteiger partial charge in [0.25, 0.3) is 0 Å². The quantitative estimate of drug-likeness (QED) is 0.820. The number of rotatable bonds is 2. The molecule has 0 aliphatic rings. The second-order valence-corrected chi connectivity index (χ2v) is 4.91. The molecule has 0 heterocycles. The monoisotopic (exact) mass is 224 g/mol. The van der Waals surface area contributed by atoms with Gasteiger partial charge in [0.1, 0.15) is 10.9 Å². The average Bonchev–Trinajstić information content (AvgIpc) is 2.28. The second kappa shape index (κ2) is 3.83. The molecule has 3 nitrogen and oxygen atoms in total. The van der Waals surface area contributed by atoms with E-state index < -0.39 is 10.9 Å². The Morgan fingerprint density at radius 3 is 2.40 bits per heavy atom. The summed E-state index contributed by atoms with van der Waals surface area (Å²) in [6.45, 7) is 0. The fourth-order valence-corrected chi connectivity index (χ4v) is 2.43. The van der Waals surface area contributed by atoms with E-state index in [1.807, 2.05) is 30.3 Å². The molecule has 0 saturated heterocycles. The highest BCUT2D eigenvalue weighted by atomic mass is 32.3. The molecule has 0 atom stereocenters. The van der Waals surface area contributed by atoms with Crippen molar-refractivity contribution in [3.8, 4) is 0 Å². The summed E-state index contributed by atoms with van der Waals surface area (Å²) in [5.74, 6) is 0. The van der Waals surface area contributed by atoms with Gasteiger partial charge in [-0.2, -0.15) is 0 Å². The highest BCUT2D eigenvalue weighted by Gasteiger charge is 2.21. The van der Waals surface area contributed by atoms with Crippen LogP contribution in [0.5, 0.6) is 0 Å². The SMILES string of the molecule is COS(O)(O)c1cccc2ccccc12. The van der Waals surface area contributed by atoms with Crippen LogP contribution in [0.2, 0.25) is 0 Å². The topological polar surface area (TPSA) is 49.7 Å². The summed E-state index contributed by atoms with van der Waals surface area (Å²) in [5, 5.41) is 1.77. The van der Waals surface area contributed by atoms with Crippen molar-refractivity contribution < 1.29 is 13.3 Å². The molecule has 0 bridgehead atoms. The van der Waals surface area contributed by atoms with Crippen molar-refractivity contribution in [3.63, 3.8) is 0 Å². The number of hydrogen-bond donors (Lipinski definition) is 2. The zero-order chi connectivity index (χ0) is 10.9. The van der Waals surface area contributed by atoms with Gasteiger partial charge in [0.2, 0.25) is 0 Å². The summed E-state index contributed by atoms with van der Waals surface area (Å²) in [6, 6.07) is 12.9. The third-order valence-electron chi connectivity index (χ3n) is 2.27. The van der Waals surface area contributed by atoms with Crippen molar-refractivity contribution in [3.05, 3.63) is 42.5 Å². The molecule has 0 aliphatic heterocycles. The van der Waals surface area contributed by atoms with Crippen LogP contribution in [-0.4, -0.2) is 16.2 Å². The van der Waals surface area contributed by atoms with Crippen LogP contribution in [0.25, 0.3) is 10.8 Å². The van der Waals surface area contributed by atoms with Crippen molar-refractivity contribution in [1.29, 1.82) is 0 Å². The summed E-state index contributed by atoms with van der Waals surface area (Å²) in [5.41, 5.74) is 0. The highest BCUT2D eigenvalue weighted by Crippen LogP contribution is 2.50. The molecule has 0 fully saturated rings. The molecule has 80 valence electrons. The Morgan fingerprint density at radius 1 is 1.00 bits per heavy atom. The fourth-order valence-electron chi connectivity index (χ4n) is 1.52. The molecule has 0 unspecified atom stereocenters. The van der Waals surface area contributed by atoms with Gasteiger partial charge in [0.15, 0.2) is 0 Å². The summed E-state index contributed by atoms with van der Waals surface area (Å²) in [4.78, 5) is 0.433. The molecule has 0 aromatic heterocycles. The normalized spacial score (nSPS) is 13.0. The molecule has 2 aromatic carbocycles. The van der Waals surface area contributed by atoms with E-state index in [0.717, 1.165) is 10.8 Å². The Balaban J connectivity index is 2.71. The maximum Gasteiger partial charge on any atom is 0.115 e. The van der Waals surface area contributed by atoms with Crippen molar-refractivity contribution in [1.82, 2.24) is 0 Å². The lowest BCUT2D eigenvalue weighted by molar-refractivity contribution is 0.319. The number of benzene rings is 2. The van der Waals surface area contributed by atoms with Gasteiger partial charge in [0.05, 0.1) is 12.0 Å². The molecule has 0 radical (unpaired) electrons. The highest BCUT2D eigenvalue weighted by molar-refractivity contribution is 8.20. The first-order valence-corrected chi connectivity index (χ1v) is 5.94. The van der Waals surface area contributed by atoms with Crippen molar-refractivity contribution in [2.45, 2.75) is 4.90 Å². The molecular formula is C11H12O3S. The van der Waals surface area contributed by atoms with Crippen molar-refractivity contribution in [2.24, 2.45) is 0 Å². The molecule has 0 spiro atoms. The Hall–Kier alpha value is -1.07. The molecular weight excluding hydrogens is 212 g/mol. The van der Waals surface area contributed by atoms with Crippen LogP contribution in [0.1, 0.15) is 0 Å². The van der Waals surface area contributed by atoms with Crippen LogP contribution < -0.4 is 0 Å². The van der Waals surface area contributed by atoms with Gasteiger partial charge in [-0.3, -0.25) is 4.18 Å². The second-order valence-electron chi connectivity index (χ2n) is 3.14. The van der Waals surface area contributed by atoms with E-state index in [-0.39, 0.29) is 0 Å². The fraction of sp³-hybridized carbons (Fsp3) is 0.0909. The van der Waals surface area contributed by atoms with Crippen LogP contribution in [0.15, 0.2) is 47.4 Å². The van der Waals surface area contributed by atoms with Gasteiger partial charge in [-0.1, -0.05) is 36.4 Å². The lowest BCUT2D eigenvalue weighted by atomic mass is 10.1. The number of fused-ring (bicyclic) bond motifs is 1. The zero-order valence-corrected chi connectivity index (χ0v) is 9.07. The van der Waals surface area contributed by atoms with E-state index in [4.69, 9.17) is 4.18 Å². The van der Waals surface area contributed by atoms with Crippen LogP contribution in [0.4, 0.5) is 0 Å². The third-order valence-corrected chi connectivity index (χ3v) is 3.66. The van der Waals surface area contributed by atoms with E-state index in [1.165, 1.54) is 7.11 Å². The van der Waals surface area contributed by atoms with Crippen LogP contribution >= 0.6 is 10.9 Å². The van der Waals surface area contributed by atoms with E-state index in [2.05, 4.69) is 0 Å².